The molecule has 4 rings (SSSR count). The standard InChI is InChI=1S/C17H20N4O3/c1-24-15-4-2-12(3-5-15)17(6-7-17)16(23)20-9-14(10-20)21-8-13(11-22)18-19-21/h2-5,8,14,22H,6-7,9-11H2,1H3. The summed E-state index contributed by atoms with van der Waals surface area (Å²) < 4.78 is 6.93. The van der Waals surface area contributed by atoms with E-state index in [2.05, 4.69) is 10.3 Å². The molecule has 1 saturated heterocycles. The minimum absolute atomic E-state index is 0.115. The zero-order valence-corrected chi connectivity index (χ0v) is 13.6. The molecule has 7 nitrogen and oxygen atoms in total. The van der Waals surface area contributed by atoms with Crippen LogP contribution >= 0.6 is 0 Å². The average molecular weight is 328 g/mol. The fourth-order valence-corrected chi connectivity index (χ4v) is 3.32. The number of benzene rings is 1. The summed E-state index contributed by atoms with van der Waals surface area (Å²) in [5, 5.41) is 16.9. The van der Waals surface area contributed by atoms with E-state index in [1.165, 1.54) is 0 Å². The summed E-state index contributed by atoms with van der Waals surface area (Å²) in [5.41, 5.74) is 1.27. The summed E-state index contributed by atoms with van der Waals surface area (Å²) in [6.45, 7) is 1.17. The normalized spacial score (nSPS) is 19.0. The van der Waals surface area contributed by atoms with Gasteiger partial charge in [-0.2, -0.15) is 0 Å². The molecule has 1 aliphatic heterocycles. The molecule has 1 aromatic carbocycles. The quantitative estimate of drug-likeness (QED) is 0.882. The second-order valence-electron chi connectivity index (χ2n) is 6.52. The van der Waals surface area contributed by atoms with E-state index in [1.807, 2.05) is 29.2 Å². The SMILES string of the molecule is COc1ccc(C2(C(=O)N3CC(n4cc(CO)nn4)C3)CC2)cc1. The Morgan fingerprint density at radius 2 is 2.04 bits per heavy atom. The van der Waals surface area contributed by atoms with Crippen molar-refractivity contribution in [3.8, 4) is 5.75 Å². The first-order valence-corrected chi connectivity index (χ1v) is 8.12. The number of amides is 1. The lowest BCUT2D eigenvalue weighted by atomic mass is 9.92. The number of aromatic nitrogens is 3. The maximum Gasteiger partial charge on any atom is 0.233 e. The van der Waals surface area contributed by atoms with Gasteiger partial charge in [0.1, 0.15) is 11.4 Å². The summed E-state index contributed by atoms with van der Waals surface area (Å²) in [4.78, 5) is 14.8. The number of nitrogens with zero attached hydrogens (tertiary/aromatic N) is 4. The Morgan fingerprint density at radius 1 is 1.33 bits per heavy atom. The van der Waals surface area contributed by atoms with Crippen molar-refractivity contribution >= 4 is 5.91 Å². The highest BCUT2D eigenvalue weighted by molar-refractivity contribution is 5.92. The largest absolute Gasteiger partial charge is 0.497 e. The predicted octanol–water partition coefficient (Wildman–Crippen LogP) is 0.894. The molecule has 2 aliphatic rings. The van der Waals surface area contributed by atoms with E-state index in [0.29, 0.717) is 18.8 Å². The van der Waals surface area contributed by atoms with Gasteiger partial charge in [-0.15, -0.1) is 5.10 Å². The topological polar surface area (TPSA) is 80.5 Å². The van der Waals surface area contributed by atoms with Crippen LogP contribution in [-0.2, 0) is 16.8 Å². The average Bonchev–Trinajstić information content (AvgIpc) is 3.26. The number of carbonyl (C=O) groups excluding carboxylic acids is 1. The van der Waals surface area contributed by atoms with Crippen LogP contribution in [-0.4, -0.2) is 51.1 Å². The summed E-state index contributed by atoms with van der Waals surface area (Å²) in [6, 6.07) is 7.95. The van der Waals surface area contributed by atoms with E-state index in [1.54, 1.807) is 18.0 Å². The molecule has 0 radical (unpaired) electrons. The fraction of sp³-hybridized carbons (Fsp3) is 0.471. The molecule has 2 fully saturated rings. The van der Waals surface area contributed by atoms with Crippen LogP contribution in [0.3, 0.4) is 0 Å². The zero-order valence-electron chi connectivity index (χ0n) is 13.6. The second-order valence-corrected chi connectivity index (χ2v) is 6.52. The van der Waals surface area contributed by atoms with Crippen LogP contribution in [0.25, 0.3) is 0 Å². The first-order valence-electron chi connectivity index (χ1n) is 8.12. The van der Waals surface area contributed by atoms with Gasteiger partial charge < -0.3 is 14.7 Å². The van der Waals surface area contributed by atoms with Gasteiger partial charge in [-0.05, 0) is 30.5 Å². The van der Waals surface area contributed by atoms with E-state index in [0.717, 1.165) is 24.2 Å². The molecular formula is C17H20N4O3. The third-order valence-corrected chi connectivity index (χ3v) is 5.05. The lowest BCUT2D eigenvalue weighted by Crippen LogP contribution is -2.54. The van der Waals surface area contributed by atoms with Gasteiger partial charge >= 0.3 is 0 Å². The molecule has 0 spiro atoms. The highest BCUT2D eigenvalue weighted by Gasteiger charge is 2.54. The Morgan fingerprint density at radius 3 is 2.58 bits per heavy atom. The summed E-state index contributed by atoms with van der Waals surface area (Å²) >= 11 is 0. The maximum atomic E-state index is 12.9. The van der Waals surface area contributed by atoms with Crippen molar-refractivity contribution in [1.82, 2.24) is 19.9 Å². The molecular weight excluding hydrogens is 308 g/mol. The molecule has 1 amide bonds. The molecule has 24 heavy (non-hydrogen) atoms. The van der Waals surface area contributed by atoms with Gasteiger partial charge in [0, 0.05) is 13.1 Å². The Bertz CT molecular complexity index is 745. The van der Waals surface area contributed by atoms with Crippen LogP contribution in [0.2, 0.25) is 0 Å². The zero-order chi connectivity index (χ0) is 16.7. The van der Waals surface area contributed by atoms with Crippen molar-refractivity contribution in [3.63, 3.8) is 0 Å². The van der Waals surface area contributed by atoms with Gasteiger partial charge in [0.05, 0.1) is 31.4 Å². The van der Waals surface area contributed by atoms with Crippen LogP contribution in [0.5, 0.6) is 5.75 Å². The van der Waals surface area contributed by atoms with Gasteiger partial charge in [0.15, 0.2) is 0 Å². The number of likely N-dealkylation sites (tertiary alicyclic amines) is 1. The van der Waals surface area contributed by atoms with Gasteiger partial charge in [-0.25, -0.2) is 4.68 Å². The van der Waals surface area contributed by atoms with Crippen molar-refractivity contribution in [2.45, 2.75) is 30.9 Å². The lowest BCUT2D eigenvalue weighted by Gasteiger charge is -2.41. The molecule has 2 heterocycles. The molecule has 1 aliphatic carbocycles. The van der Waals surface area contributed by atoms with E-state index >= 15 is 0 Å². The predicted molar refractivity (Wildman–Crippen MR) is 85.5 cm³/mol. The monoisotopic (exact) mass is 328 g/mol. The first kappa shape index (κ1) is 15.1. The number of ether oxygens (including phenoxy) is 1. The Balaban J connectivity index is 1.43. The van der Waals surface area contributed by atoms with E-state index in [4.69, 9.17) is 9.84 Å². The third kappa shape index (κ3) is 2.36. The molecule has 7 heteroatoms. The van der Waals surface area contributed by atoms with E-state index in [-0.39, 0.29) is 24.0 Å². The highest BCUT2D eigenvalue weighted by Crippen LogP contribution is 2.50. The highest BCUT2D eigenvalue weighted by atomic mass is 16.5. The number of carbonyl (C=O) groups is 1. The fourth-order valence-electron chi connectivity index (χ4n) is 3.32. The van der Waals surface area contributed by atoms with Crippen LogP contribution in [0.15, 0.2) is 30.5 Å². The Labute approximate surface area is 139 Å². The van der Waals surface area contributed by atoms with Crippen LogP contribution < -0.4 is 4.74 Å². The summed E-state index contributed by atoms with van der Waals surface area (Å²) in [7, 11) is 1.64. The molecule has 1 aromatic heterocycles. The van der Waals surface area contributed by atoms with Crippen LogP contribution in [0, 0.1) is 0 Å². The maximum absolute atomic E-state index is 12.9. The summed E-state index contributed by atoms with van der Waals surface area (Å²) in [6.07, 6.45) is 3.54. The molecule has 0 bridgehead atoms. The smallest absolute Gasteiger partial charge is 0.233 e. The van der Waals surface area contributed by atoms with Gasteiger partial charge in [-0.1, -0.05) is 17.3 Å². The first-order chi connectivity index (χ1) is 11.7. The number of rotatable bonds is 5. The molecule has 1 saturated carbocycles. The molecule has 0 atom stereocenters. The number of methoxy groups -OCH3 is 1. The van der Waals surface area contributed by atoms with Crippen molar-refractivity contribution in [1.29, 1.82) is 0 Å². The van der Waals surface area contributed by atoms with Gasteiger partial charge in [-0.3, -0.25) is 4.79 Å². The molecule has 1 N–H and O–H groups in total. The van der Waals surface area contributed by atoms with Crippen LogP contribution in [0.4, 0.5) is 0 Å². The molecule has 126 valence electrons. The molecule has 2 aromatic rings. The summed E-state index contributed by atoms with van der Waals surface area (Å²) in [5.74, 6) is 1.00. The van der Waals surface area contributed by atoms with Crippen molar-refractivity contribution < 1.29 is 14.6 Å². The minimum atomic E-state index is -0.351. The van der Waals surface area contributed by atoms with Crippen molar-refractivity contribution in [2.24, 2.45) is 0 Å². The van der Waals surface area contributed by atoms with Crippen molar-refractivity contribution in [3.05, 3.63) is 41.7 Å². The van der Waals surface area contributed by atoms with E-state index < -0.39 is 0 Å². The number of hydrogen-bond donors (Lipinski definition) is 1. The lowest BCUT2D eigenvalue weighted by molar-refractivity contribution is -0.140. The third-order valence-electron chi connectivity index (χ3n) is 5.05. The van der Waals surface area contributed by atoms with E-state index in [9.17, 15) is 4.79 Å². The second kappa shape index (κ2) is 5.59. The molecule has 0 unspecified atom stereocenters. The minimum Gasteiger partial charge on any atom is -0.497 e. The Kier molecular flexibility index (Phi) is 3.53. The van der Waals surface area contributed by atoms with Gasteiger partial charge in [0.25, 0.3) is 0 Å². The number of aliphatic hydroxyl groups excluding tert-OH is 1. The Hall–Kier alpha value is -2.41. The van der Waals surface area contributed by atoms with Gasteiger partial charge in [0.2, 0.25) is 5.91 Å². The van der Waals surface area contributed by atoms with Crippen LogP contribution in [0.1, 0.15) is 30.1 Å². The number of aliphatic hydroxyl groups is 1. The van der Waals surface area contributed by atoms with Crippen molar-refractivity contribution in [2.75, 3.05) is 20.2 Å². The number of hydrogen-bond acceptors (Lipinski definition) is 5.